The lowest BCUT2D eigenvalue weighted by molar-refractivity contribution is -0.155. The number of benzene rings is 1. The normalized spacial score (nSPS) is 32.1. The smallest absolute Gasteiger partial charge is 0.312 e. The Balaban J connectivity index is 1.72. The Labute approximate surface area is 185 Å². The van der Waals surface area contributed by atoms with Gasteiger partial charge < -0.3 is 24.8 Å². The molecule has 2 amide bonds. The number of nitrogens with one attached hydrogen (secondary N) is 1. The number of fused-ring (bicyclic) bond motifs is 1. The number of rotatable bonds is 7. The van der Waals surface area contributed by atoms with E-state index in [-0.39, 0.29) is 19.1 Å². The van der Waals surface area contributed by atoms with Crippen molar-refractivity contribution in [3.8, 4) is 0 Å². The molecule has 1 aromatic carbocycles. The highest BCUT2D eigenvalue weighted by Gasteiger charge is 2.75. The van der Waals surface area contributed by atoms with E-state index in [1.165, 1.54) is 4.90 Å². The van der Waals surface area contributed by atoms with Crippen molar-refractivity contribution >= 4 is 35.1 Å². The van der Waals surface area contributed by atoms with Crippen LogP contribution in [-0.2, 0) is 23.9 Å². The third-order valence-corrected chi connectivity index (χ3v) is 6.98. The Morgan fingerprint density at radius 1 is 1.35 bits per heavy atom. The first-order valence-electron chi connectivity index (χ1n) is 10.7. The molecule has 31 heavy (non-hydrogen) atoms. The van der Waals surface area contributed by atoms with Gasteiger partial charge in [0.25, 0.3) is 0 Å². The maximum atomic E-state index is 13.6. The van der Waals surface area contributed by atoms with Crippen LogP contribution in [0.15, 0.2) is 24.3 Å². The van der Waals surface area contributed by atoms with E-state index in [0.29, 0.717) is 30.0 Å². The minimum absolute atomic E-state index is 0.203. The summed E-state index contributed by atoms with van der Waals surface area (Å²) in [6.07, 6.45) is 1.07. The number of amides is 2. The molecule has 3 aliphatic rings. The molecular weight excluding hydrogens is 424 g/mol. The summed E-state index contributed by atoms with van der Waals surface area (Å²) in [6.45, 7) is 3.47. The van der Waals surface area contributed by atoms with Crippen molar-refractivity contribution in [2.24, 2.45) is 11.8 Å². The number of aliphatic hydroxyl groups excluding tert-OH is 1. The number of carbonyl (C=O) groups is 3. The van der Waals surface area contributed by atoms with E-state index < -0.39 is 47.5 Å². The SMILES string of the molecule is CCOC(=O)[C@@H]1[C@H]2C(=O)N([C@@H](CC)CO)[C@H](C(=O)Nc3ccc(Cl)cc3)[C@]23CC[C@H]1O3. The van der Waals surface area contributed by atoms with Crippen LogP contribution in [0, 0.1) is 11.8 Å². The van der Waals surface area contributed by atoms with Gasteiger partial charge in [-0.15, -0.1) is 0 Å². The zero-order valence-corrected chi connectivity index (χ0v) is 18.3. The fourth-order valence-electron chi connectivity index (χ4n) is 5.45. The molecule has 0 unspecified atom stereocenters. The van der Waals surface area contributed by atoms with Gasteiger partial charge in [-0.25, -0.2) is 0 Å². The van der Waals surface area contributed by atoms with E-state index in [9.17, 15) is 19.5 Å². The Hall–Kier alpha value is -2.16. The Bertz CT molecular complexity index is 873. The molecule has 8 nitrogen and oxygen atoms in total. The fourth-order valence-corrected chi connectivity index (χ4v) is 5.57. The van der Waals surface area contributed by atoms with Gasteiger partial charge in [0.05, 0.1) is 37.2 Å². The molecule has 2 N–H and O–H groups in total. The lowest BCUT2D eigenvalue weighted by atomic mass is 9.70. The van der Waals surface area contributed by atoms with Crippen LogP contribution < -0.4 is 5.32 Å². The summed E-state index contributed by atoms with van der Waals surface area (Å²) in [6, 6.07) is 5.16. The van der Waals surface area contributed by atoms with Gasteiger partial charge in [-0.05, 0) is 50.5 Å². The van der Waals surface area contributed by atoms with Gasteiger partial charge in [0.15, 0.2) is 0 Å². The van der Waals surface area contributed by atoms with Crippen molar-refractivity contribution in [1.82, 2.24) is 4.90 Å². The molecule has 6 atom stereocenters. The Kier molecular flexibility index (Phi) is 5.98. The number of nitrogens with zero attached hydrogens (tertiary/aromatic N) is 1. The predicted molar refractivity (Wildman–Crippen MR) is 112 cm³/mol. The summed E-state index contributed by atoms with van der Waals surface area (Å²) in [7, 11) is 0. The summed E-state index contributed by atoms with van der Waals surface area (Å²) in [5.74, 6) is -2.75. The molecule has 168 valence electrons. The first-order chi connectivity index (χ1) is 14.9. The van der Waals surface area contributed by atoms with Crippen LogP contribution in [-0.4, -0.2) is 64.8 Å². The van der Waals surface area contributed by atoms with E-state index in [1.807, 2.05) is 6.92 Å². The molecule has 0 radical (unpaired) electrons. The van der Waals surface area contributed by atoms with Crippen molar-refractivity contribution < 1.29 is 29.0 Å². The third-order valence-electron chi connectivity index (χ3n) is 6.73. The van der Waals surface area contributed by atoms with Gasteiger partial charge in [0, 0.05) is 10.7 Å². The zero-order chi connectivity index (χ0) is 22.3. The van der Waals surface area contributed by atoms with E-state index in [4.69, 9.17) is 21.1 Å². The second-order valence-corrected chi connectivity index (χ2v) is 8.73. The van der Waals surface area contributed by atoms with Gasteiger partial charge in [-0.1, -0.05) is 18.5 Å². The summed E-state index contributed by atoms with van der Waals surface area (Å²) in [5, 5.41) is 13.3. The van der Waals surface area contributed by atoms with Crippen molar-refractivity contribution in [3.63, 3.8) is 0 Å². The molecule has 0 saturated carbocycles. The number of anilines is 1. The average Bonchev–Trinajstić information content (AvgIpc) is 3.39. The van der Waals surface area contributed by atoms with E-state index in [0.717, 1.165) is 0 Å². The molecule has 0 aliphatic carbocycles. The number of hydrogen-bond acceptors (Lipinski definition) is 6. The highest BCUT2D eigenvalue weighted by atomic mass is 35.5. The van der Waals surface area contributed by atoms with Crippen LogP contribution >= 0.6 is 11.6 Å². The molecule has 0 aromatic heterocycles. The topological polar surface area (TPSA) is 105 Å². The van der Waals surface area contributed by atoms with E-state index >= 15 is 0 Å². The van der Waals surface area contributed by atoms with Gasteiger partial charge >= 0.3 is 5.97 Å². The number of halogens is 1. The van der Waals surface area contributed by atoms with Crippen molar-refractivity contribution in [2.75, 3.05) is 18.5 Å². The second kappa shape index (κ2) is 8.41. The van der Waals surface area contributed by atoms with Crippen molar-refractivity contribution in [1.29, 1.82) is 0 Å². The Morgan fingerprint density at radius 3 is 2.68 bits per heavy atom. The van der Waals surface area contributed by atoms with E-state index in [1.54, 1.807) is 31.2 Å². The number of likely N-dealkylation sites (tertiary alicyclic amines) is 1. The summed E-state index contributed by atoms with van der Waals surface area (Å²) in [5.41, 5.74) is -0.577. The quantitative estimate of drug-likeness (QED) is 0.615. The maximum Gasteiger partial charge on any atom is 0.312 e. The largest absolute Gasteiger partial charge is 0.466 e. The predicted octanol–water partition coefficient (Wildman–Crippen LogP) is 1.99. The molecule has 3 aliphatic heterocycles. The molecule has 3 saturated heterocycles. The first-order valence-corrected chi connectivity index (χ1v) is 11.1. The van der Waals surface area contributed by atoms with Crippen LogP contribution in [0.1, 0.15) is 33.1 Å². The third kappa shape index (κ3) is 3.41. The monoisotopic (exact) mass is 450 g/mol. The fraction of sp³-hybridized carbons (Fsp3) is 0.591. The molecule has 3 fully saturated rings. The molecule has 4 rings (SSSR count). The molecule has 1 spiro atoms. The minimum atomic E-state index is -1.11. The Morgan fingerprint density at radius 2 is 2.06 bits per heavy atom. The average molecular weight is 451 g/mol. The van der Waals surface area contributed by atoms with Crippen LogP contribution in [0.5, 0.6) is 0 Å². The first kappa shape index (κ1) is 22.0. The van der Waals surface area contributed by atoms with Crippen molar-refractivity contribution in [2.45, 2.75) is 56.9 Å². The van der Waals surface area contributed by atoms with Crippen molar-refractivity contribution in [3.05, 3.63) is 29.3 Å². The van der Waals surface area contributed by atoms with Crippen LogP contribution in [0.25, 0.3) is 0 Å². The van der Waals surface area contributed by atoms with Crippen LogP contribution in [0.2, 0.25) is 5.02 Å². The summed E-state index contributed by atoms with van der Waals surface area (Å²) in [4.78, 5) is 41.2. The maximum absolute atomic E-state index is 13.6. The van der Waals surface area contributed by atoms with Gasteiger partial charge in [0.1, 0.15) is 11.6 Å². The molecule has 2 bridgehead atoms. The van der Waals surface area contributed by atoms with Gasteiger partial charge in [-0.2, -0.15) is 0 Å². The summed E-state index contributed by atoms with van der Waals surface area (Å²) < 4.78 is 11.5. The molecule has 9 heteroatoms. The highest BCUT2D eigenvalue weighted by Crippen LogP contribution is 2.59. The minimum Gasteiger partial charge on any atom is -0.466 e. The van der Waals surface area contributed by atoms with Gasteiger partial charge in [0.2, 0.25) is 11.8 Å². The number of aliphatic hydroxyl groups is 1. The summed E-state index contributed by atoms with van der Waals surface area (Å²) >= 11 is 5.93. The number of hydrogen-bond donors (Lipinski definition) is 2. The number of ether oxygens (including phenoxy) is 2. The lowest BCUT2D eigenvalue weighted by Crippen LogP contribution is -2.56. The standard InChI is InChI=1S/C22H27ClN2O6/c1-3-14(11-26)25-18(19(27)24-13-7-5-12(23)6-8-13)22-10-9-15(31-22)16(17(22)20(25)28)21(29)30-4-2/h5-8,14-18,26H,3-4,9-11H2,1-2H3,(H,24,27)/t14-,15+,16-,17-,18+,22-/m0/s1. The van der Waals surface area contributed by atoms with Gasteiger partial charge in [-0.3, -0.25) is 14.4 Å². The molecule has 3 heterocycles. The molecule has 1 aromatic rings. The number of esters is 1. The zero-order valence-electron chi connectivity index (χ0n) is 17.5. The second-order valence-electron chi connectivity index (χ2n) is 8.29. The lowest BCUT2D eigenvalue weighted by Gasteiger charge is -2.36. The molecular formula is C22H27ClN2O6. The highest BCUT2D eigenvalue weighted by molar-refractivity contribution is 6.30. The van der Waals surface area contributed by atoms with Crippen LogP contribution in [0.3, 0.4) is 0 Å². The van der Waals surface area contributed by atoms with Crippen LogP contribution in [0.4, 0.5) is 5.69 Å². The van der Waals surface area contributed by atoms with E-state index in [2.05, 4.69) is 5.32 Å². The number of carbonyl (C=O) groups excluding carboxylic acids is 3.